The summed E-state index contributed by atoms with van der Waals surface area (Å²) >= 11 is 0. The molecule has 0 radical (unpaired) electrons. The van der Waals surface area contributed by atoms with Crippen LogP contribution in [0.1, 0.15) is 26.7 Å². The van der Waals surface area contributed by atoms with Gasteiger partial charge < -0.3 is 10.1 Å². The van der Waals surface area contributed by atoms with Crippen molar-refractivity contribution in [2.45, 2.75) is 37.6 Å². The van der Waals surface area contributed by atoms with E-state index < -0.39 is 10.0 Å². The Morgan fingerprint density at radius 1 is 1.38 bits per heavy atom. The average Bonchev–Trinajstić information content (AvgIpc) is 2.45. The lowest BCUT2D eigenvalue weighted by molar-refractivity contribution is 0.181. The zero-order valence-corrected chi connectivity index (χ0v) is 13.7. The van der Waals surface area contributed by atoms with Crippen molar-refractivity contribution in [1.29, 1.82) is 0 Å². The summed E-state index contributed by atoms with van der Waals surface area (Å²) in [6.45, 7) is 5.65. The second-order valence-electron chi connectivity index (χ2n) is 6.10. The molecule has 0 aliphatic carbocycles. The van der Waals surface area contributed by atoms with Gasteiger partial charge >= 0.3 is 0 Å². The molecule has 1 aromatic rings. The number of hydrogen-bond acceptors (Lipinski definition) is 4. The molecule has 1 aliphatic heterocycles. The summed E-state index contributed by atoms with van der Waals surface area (Å²) in [5.74, 6) is 0.362. The van der Waals surface area contributed by atoms with Gasteiger partial charge in [-0.15, -0.1) is 0 Å². The largest absolute Gasteiger partial charge is 0.495 e. The molecule has 1 atom stereocenters. The molecule has 1 heterocycles. The van der Waals surface area contributed by atoms with Crippen molar-refractivity contribution in [3.8, 4) is 5.75 Å². The van der Waals surface area contributed by atoms with Gasteiger partial charge in [-0.25, -0.2) is 13.1 Å². The number of sulfonamides is 1. The second-order valence-corrected chi connectivity index (χ2v) is 7.84. The van der Waals surface area contributed by atoms with E-state index in [1.807, 2.05) is 0 Å². The van der Waals surface area contributed by atoms with Gasteiger partial charge in [-0.2, -0.15) is 0 Å². The predicted molar refractivity (Wildman–Crippen MR) is 83.0 cm³/mol. The Hall–Kier alpha value is -1.11. The number of methoxy groups -OCH3 is 1. The summed E-state index contributed by atoms with van der Waals surface area (Å²) < 4.78 is 32.7. The fraction of sp³-hybridized carbons (Fsp3) is 0.600. The number of rotatable bonds is 5. The van der Waals surface area contributed by atoms with Crippen molar-refractivity contribution in [1.82, 2.24) is 10.0 Å². The average molecular weight is 312 g/mol. The zero-order chi connectivity index (χ0) is 15.5. The first kappa shape index (κ1) is 16.3. The normalized spacial score (nSPS) is 22.0. The number of benzene rings is 1. The lowest BCUT2D eigenvalue weighted by Gasteiger charge is -2.39. The predicted octanol–water partition coefficient (Wildman–Crippen LogP) is 1.75. The summed E-state index contributed by atoms with van der Waals surface area (Å²) in [6, 6.07) is 6.79. The SMILES string of the molecule is COc1ccccc1S(=O)(=O)NCC1NCCCC1(C)C. The van der Waals surface area contributed by atoms with E-state index in [9.17, 15) is 8.42 Å². The van der Waals surface area contributed by atoms with Crippen LogP contribution in [0.15, 0.2) is 29.2 Å². The molecule has 1 aliphatic rings. The third-order valence-corrected chi connectivity index (χ3v) is 5.63. The molecule has 1 aromatic carbocycles. The van der Waals surface area contributed by atoms with Gasteiger partial charge in [0.25, 0.3) is 0 Å². The van der Waals surface area contributed by atoms with Crippen molar-refractivity contribution >= 4 is 10.0 Å². The van der Waals surface area contributed by atoms with Crippen LogP contribution in [0.3, 0.4) is 0 Å². The molecule has 0 amide bonds. The molecule has 1 saturated heterocycles. The van der Waals surface area contributed by atoms with Crippen molar-refractivity contribution in [3.63, 3.8) is 0 Å². The molecule has 1 fully saturated rings. The molecule has 0 aromatic heterocycles. The third kappa shape index (κ3) is 3.75. The third-order valence-electron chi connectivity index (χ3n) is 4.17. The fourth-order valence-electron chi connectivity index (χ4n) is 2.73. The topological polar surface area (TPSA) is 67.4 Å². The van der Waals surface area contributed by atoms with Gasteiger partial charge in [0.1, 0.15) is 10.6 Å². The highest BCUT2D eigenvalue weighted by molar-refractivity contribution is 7.89. The van der Waals surface area contributed by atoms with Crippen LogP contribution in [0.25, 0.3) is 0 Å². The van der Waals surface area contributed by atoms with E-state index in [4.69, 9.17) is 4.74 Å². The molecule has 2 N–H and O–H groups in total. The smallest absolute Gasteiger partial charge is 0.244 e. The first-order chi connectivity index (χ1) is 9.87. The molecular weight excluding hydrogens is 288 g/mol. The van der Waals surface area contributed by atoms with E-state index in [2.05, 4.69) is 23.9 Å². The van der Waals surface area contributed by atoms with Crippen molar-refractivity contribution in [3.05, 3.63) is 24.3 Å². The number of ether oxygens (including phenoxy) is 1. The molecule has 6 heteroatoms. The number of para-hydroxylation sites is 1. The van der Waals surface area contributed by atoms with Gasteiger partial charge in [0.2, 0.25) is 10.0 Å². The van der Waals surface area contributed by atoms with Gasteiger partial charge in [0, 0.05) is 12.6 Å². The minimum absolute atomic E-state index is 0.0849. The fourth-order valence-corrected chi connectivity index (χ4v) is 3.95. The summed E-state index contributed by atoms with van der Waals surface area (Å²) in [7, 11) is -2.10. The van der Waals surface area contributed by atoms with E-state index in [-0.39, 0.29) is 16.4 Å². The second kappa shape index (κ2) is 6.34. The highest BCUT2D eigenvalue weighted by Crippen LogP contribution is 2.30. The Labute approximate surface area is 127 Å². The van der Waals surface area contributed by atoms with Gasteiger partial charge in [-0.1, -0.05) is 26.0 Å². The number of hydrogen-bond donors (Lipinski definition) is 2. The zero-order valence-electron chi connectivity index (χ0n) is 12.8. The van der Waals surface area contributed by atoms with Gasteiger partial charge in [-0.05, 0) is 36.9 Å². The Morgan fingerprint density at radius 3 is 2.76 bits per heavy atom. The van der Waals surface area contributed by atoms with E-state index in [1.165, 1.54) is 7.11 Å². The monoisotopic (exact) mass is 312 g/mol. The molecule has 2 rings (SSSR count). The minimum Gasteiger partial charge on any atom is -0.495 e. The molecule has 1 unspecified atom stereocenters. The van der Waals surface area contributed by atoms with Crippen LogP contribution in [-0.2, 0) is 10.0 Å². The highest BCUT2D eigenvalue weighted by atomic mass is 32.2. The maximum Gasteiger partial charge on any atom is 0.244 e. The summed E-state index contributed by atoms with van der Waals surface area (Å²) in [5.41, 5.74) is 0.0849. The quantitative estimate of drug-likeness (QED) is 0.869. The van der Waals surface area contributed by atoms with Crippen LogP contribution < -0.4 is 14.8 Å². The van der Waals surface area contributed by atoms with Crippen LogP contribution in [0.5, 0.6) is 5.75 Å². The first-order valence-corrected chi connectivity index (χ1v) is 8.71. The molecule has 118 valence electrons. The molecular formula is C15H24N2O3S. The molecule has 21 heavy (non-hydrogen) atoms. The Bertz CT molecular complexity index is 584. The molecule has 0 bridgehead atoms. The van der Waals surface area contributed by atoms with Crippen LogP contribution in [0.4, 0.5) is 0 Å². The van der Waals surface area contributed by atoms with Crippen LogP contribution >= 0.6 is 0 Å². The first-order valence-electron chi connectivity index (χ1n) is 7.23. The van der Waals surface area contributed by atoms with E-state index in [0.29, 0.717) is 12.3 Å². The Balaban J connectivity index is 2.11. The van der Waals surface area contributed by atoms with E-state index >= 15 is 0 Å². The van der Waals surface area contributed by atoms with Crippen LogP contribution in [0, 0.1) is 5.41 Å². The summed E-state index contributed by atoms with van der Waals surface area (Å²) in [4.78, 5) is 0.182. The van der Waals surface area contributed by atoms with Crippen molar-refractivity contribution in [2.75, 3.05) is 20.2 Å². The maximum atomic E-state index is 12.4. The number of nitrogens with one attached hydrogen (secondary N) is 2. The standard InChI is InChI=1S/C15H24N2O3S/c1-15(2)9-6-10-16-14(15)11-17-21(18,19)13-8-5-4-7-12(13)20-3/h4-5,7-8,14,16-17H,6,9-11H2,1-3H3. The molecule has 5 nitrogen and oxygen atoms in total. The minimum atomic E-state index is -3.57. The van der Waals surface area contributed by atoms with Crippen molar-refractivity contribution < 1.29 is 13.2 Å². The lowest BCUT2D eigenvalue weighted by atomic mass is 9.78. The van der Waals surface area contributed by atoms with Crippen molar-refractivity contribution in [2.24, 2.45) is 5.41 Å². The molecule has 0 spiro atoms. The Morgan fingerprint density at radius 2 is 2.10 bits per heavy atom. The van der Waals surface area contributed by atoms with Gasteiger partial charge in [0.15, 0.2) is 0 Å². The van der Waals surface area contributed by atoms with Gasteiger partial charge in [0.05, 0.1) is 7.11 Å². The highest BCUT2D eigenvalue weighted by Gasteiger charge is 2.33. The Kier molecular flexibility index (Phi) is 4.91. The number of piperidine rings is 1. The van der Waals surface area contributed by atoms with Crippen LogP contribution in [0.2, 0.25) is 0 Å². The van der Waals surface area contributed by atoms with E-state index in [0.717, 1.165) is 19.4 Å². The lowest BCUT2D eigenvalue weighted by Crippen LogP contribution is -2.52. The summed E-state index contributed by atoms with van der Waals surface area (Å²) in [6.07, 6.45) is 2.23. The summed E-state index contributed by atoms with van der Waals surface area (Å²) in [5, 5.41) is 3.40. The maximum absolute atomic E-state index is 12.4. The van der Waals surface area contributed by atoms with Gasteiger partial charge in [-0.3, -0.25) is 0 Å². The van der Waals surface area contributed by atoms with E-state index in [1.54, 1.807) is 24.3 Å². The molecule has 0 saturated carbocycles. The van der Waals surface area contributed by atoms with Crippen LogP contribution in [-0.4, -0.2) is 34.7 Å².